The summed E-state index contributed by atoms with van der Waals surface area (Å²) in [5.41, 5.74) is 3.58. The molecule has 134 valence electrons. The maximum absolute atomic E-state index is 12.3. The second-order valence-electron chi connectivity index (χ2n) is 6.71. The Hall–Kier alpha value is -3.92. The molecule has 4 nitrogen and oxygen atoms in total. The molecular formula is C24H17N3O. The first-order valence-corrected chi connectivity index (χ1v) is 9.11. The molecule has 0 aliphatic heterocycles. The van der Waals surface area contributed by atoms with Crippen LogP contribution in [0.5, 0.6) is 0 Å². The van der Waals surface area contributed by atoms with Crippen molar-refractivity contribution < 1.29 is 4.79 Å². The highest BCUT2D eigenvalue weighted by atomic mass is 16.1. The molecule has 5 rings (SSSR count). The lowest BCUT2D eigenvalue weighted by Crippen LogP contribution is -2.07. The summed E-state index contributed by atoms with van der Waals surface area (Å²) in [5.74, 6) is -0.184. The van der Waals surface area contributed by atoms with Crippen LogP contribution < -0.4 is 5.32 Å². The van der Waals surface area contributed by atoms with Crippen LogP contribution in [-0.2, 0) is 4.79 Å². The number of carbonyl (C=O) groups excluding carboxylic acids is 1. The molecule has 0 aliphatic carbocycles. The van der Waals surface area contributed by atoms with Crippen LogP contribution in [-0.4, -0.2) is 15.9 Å². The first kappa shape index (κ1) is 16.3. The van der Waals surface area contributed by atoms with Crippen molar-refractivity contribution in [1.82, 2.24) is 9.97 Å². The van der Waals surface area contributed by atoms with E-state index in [1.807, 2.05) is 66.7 Å². The Morgan fingerprint density at radius 1 is 0.857 bits per heavy atom. The molecule has 0 radical (unpaired) electrons. The van der Waals surface area contributed by atoms with Gasteiger partial charge >= 0.3 is 0 Å². The van der Waals surface area contributed by atoms with E-state index < -0.39 is 0 Å². The van der Waals surface area contributed by atoms with E-state index in [2.05, 4.69) is 21.4 Å². The number of pyridine rings is 1. The fourth-order valence-electron chi connectivity index (χ4n) is 3.47. The van der Waals surface area contributed by atoms with Gasteiger partial charge in [-0.1, -0.05) is 48.5 Å². The fraction of sp³-hybridized carbons (Fsp3) is 0. The maximum Gasteiger partial charge on any atom is 0.248 e. The summed E-state index contributed by atoms with van der Waals surface area (Å²) >= 11 is 0. The van der Waals surface area contributed by atoms with Gasteiger partial charge in [0.1, 0.15) is 0 Å². The summed E-state index contributed by atoms with van der Waals surface area (Å²) in [6, 6.07) is 24.1. The van der Waals surface area contributed by atoms with Gasteiger partial charge in [-0.15, -0.1) is 0 Å². The zero-order chi connectivity index (χ0) is 18.9. The lowest BCUT2D eigenvalue weighted by atomic mass is 10.1. The van der Waals surface area contributed by atoms with E-state index in [-0.39, 0.29) is 5.91 Å². The predicted octanol–water partition coefficient (Wildman–Crippen LogP) is 5.52. The molecule has 0 fully saturated rings. The maximum atomic E-state index is 12.3. The quantitative estimate of drug-likeness (QED) is 0.415. The summed E-state index contributed by atoms with van der Waals surface area (Å²) in [5, 5.41) is 7.39. The van der Waals surface area contributed by atoms with Crippen LogP contribution in [0.1, 0.15) is 5.69 Å². The van der Waals surface area contributed by atoms with Crippen LogP contribution in [0.4, 0.5) is 5.69 Å². The third-order valence-electron chi connectivity index (χ3n) is 4.83. The number of nitrogens with zero attached hydrogens (tertiary/aromatic N) is 1. The van der Waals surface area contributed by atoms with Crippen molar-refractivity contribution in [3.05, 3.63) is 90.8 Å². The first-order chi connectivity index (χ1) is 13.8. The fourth-order valence-corrected chi connectivity index (χ4v) is 3.47. The van der Waals surface area contributed by atoms with Crippen molar-refractivity contribution in [2.75, 3.05) is 5.32 Å². The number of carbonyl (C=O) groups is 1. The SMILES string of the molecule is O=C(/C=C/c1cc2c(cn1)[nH]c1ccccc12)Nc1ccc2ccccc2c1. The third-order valence-corrected chi connectivity index (χ3v) is 4.83. The Balaban J connectivity index is 1.38. The molecule has 0 saturated carbocycles. The Bertz CT molecular complexity index is 1360. The van der Waals surface area contributed by atoms with E-state index in [1.165, 1.54) is 6.08 Å². The number of anilines is 1. The Morgan fingerprint density at radius 3 is 2.61 bits per heavy atom. The minimum absolute atomic E-state index is 0.184. The average molecular weight is 363 g/mol. The highest BCUT2D eigenvalue weighted by Crippen LogP contribution is 2.25. The number of H-pyrrole nitrogens is 1. The van der Waals surface area contributed by atoms with Gasteiger partial charge in [-0.05, 0) is 41.1 Å². The summed E-state index contributed by atoms with van der Waals surface area (Å²) < 4.78 is 0. The standard InChI is InChI=1S/C24H17N3O/c28-24(26-19-10-9-16-5-1-2-6-17(16)13-19)12-11-18-14-21-20-7-3-4-8-22(20)27-23(21)15-25-18/h1-15,27H,(H,26,28)/b12-11+. The van der Waals surface area contributed by atoms with Crippen molar-refractivity contribution in [2.45, 2.75) is 0 Å². The molecule has 0 saturated heterocycles. The van der Waals surface area contributed by atoms with E-state index in [1.54, 1.807) is 12.3 Å². The molecule has 28 heavy (non-hydrogen) atoms. The lowest BCUT2D eigenvalue weighted by Gasteiger charge is -2.04. The van der Waals surface area contributed by atoms with Gasteiger partial charge in [0.05, 0.1) is 17.4 Å². The van der Waals surface area contributed by atoms with Gasteiger partial charge in [0.2, 0.25) is 5.91 Å². The molecule has 0 spiro atoms. The summed E-state index contributed by atoms with van der Waals surface area (Å²) in [4.78, 5) is 20.1. The van der Waals surface area contributed by atoms with Crippen molar-refractivity contribution in [3.8, 4) is 0 Å². The molecular weight excluding hydrogens is 346 g/mol. The predicted molar refractivity (Wildman–Crippen MR) is 115 cm³/mol. The van der Waals surface area contributed by atoms with Gasteiger partial charge in [-0.3, -0.25) is 9.78 Å². The molecule has 4 heteroatoms. The number of aromatic amines is 1. The number of amides is 1. The normalized spacial score (nSPS) is 11.6. The van der Waals surface area contributed by atoms with Crippen molar-refractivity contribution in [3.63, 3.8) is 0 Å². The zero-order valence-electron chi connectivity index (χ0n) is 15.0. The number of rotatable bonds is 3. The Kier molecular flexibility index (Phi) is 3.87. The monoisotopic (exact) mass is 363 g/mol. The zero-order valence-corrected chi connectivity index (χ0v) is 15.0. The van der Waals surface area contributed by atoms with E-state index in [0.29, 0.717) is 0 Å². The number of hydrogen-bond donors (Lipinski definition) is 2. The molecule has 0 aliphatic rings. The molecule has 0 bridgehead atoms. The number of nitrogens with one attached hydrogen (secondary N) is 2. The number of aromatic nitrogens is 2. The number of hydrogen-bond acceptors (Lipinski definition) is 2. The molecule has 1 amide bonds. The topological polar surface area (TPSA) is 57.8 Å². The Labute approximate surface area is 161 Å². The van der Waals surface area contributed by atoms with Gasteiger partial charge in [-0.2, -0.15) is 0 Å². The van der Waals surface area contributed by atoms with E-state index in [0.717, 1.165) is 44.0 Å². The van der Waals surface area contributed by atoms with Gasteiger partial charge < -0.3 is 10.3 Å². The van der Waals surface area contributed by atoms with Crippen LogP contribution in [0.25, 0.3) is 38.7 Å². The largest absolute Gasteiger partial charge is 0.353 e. The molecule has 0 unspecified atom stereocenters. The third kappa shape index (κ3) is 3.01. The van der Waals surface area contributed by atoms with Gasteiger partial charge in [0.25, 0.3) is 0 Å². The van der Waals surface area contributed by atoms with E-state index in [9.17, 15) is 4.79 Å². The minimum Gasteiger partial charge on any atom is -0.353 e. The van der Waals surface area contributed by atoms with Gasteiger partial charge in [0.15, 0.2) is 0 Å². The second kappa shape index (κ2) is 6.67. The van der Waals surface area contributed by atoms with Crippen LogP contribution >= 0.6 is 0 Å². The first-order valence-electron chi connectivity index (χ1n) is 9.11. The molecule has 0 atom stereocenters. The van der Waals surface area contributed by atoms with Crippen molar-refractivity contribution in [2.24, 2.45) is 0 Å². The number of fused-ring (bicyclic) bond motifs is 4. The molecule has 2 aromatic heterocycles. The smallest absolute Gasteiger partial charge is 0.248 e. The summed E-state index contributed by atoms with van der Waals surface area (Å²) in [6.45, 7) is 0. The molecule has 5 aromatic rings. The summed E-state index contributed by atoms with van der Waals surface area (Å²) in [7, 11) is 0. The second-order valence-corrected chi connectivity index (χ2v) is 6.71. The van der Waals surface area contributed by atoms with E-state index >= 15 is 0 Å². The van der Waals surface area contributed by atoms with Crippen molar-refractivity contribution >= 4 is 50.2 Å². The van der Waals surface area contributed by atoms with Gasteiger partial charge in [-0.25, -0.2) is 0 Å². The Morgan fingerprint density at radius 2 is 1.68 bits per heavy atom. The molecule has 2 heterocycles. The van der Waals surface area contributed by atoms with Gasteiger partial charge in [0, 0.05) is 28.1 Å². The highest BCUT2D eigenvalue weighted by Gasteiger charge is 2.05. The van der Waals surface area contributed by atoms with Crippen molar-refractivity contribution in [1.29, 1.82) is 0 Å². The summed E-state index contributed by atoms with van der Waals surface area (Å²) in [6.07, 6.45) is 5.05. The molecule has 3 aromatic carbocycles. The lowest BCUT2D eigenvalue weighted by molar-refractivity contribution is -0.111. The van der Waals surface area contributed by atoms with Crippen LogP contribution in [0.15, 0.2) is 85.1 Å². The molecule has 2 N–H and O–H groups in total. The number of benzene rings is 3. The van der Waals surface area contributed by atoms with Crippen LogP contribution in [0.3, 0.4) is 0 Å². The minimum atomic E-state index is -0.184. The average Bonchev–Trinajstić information content (AvgIpc) is 3.10. The van der Waals surface area contributed by atoms with Crippen LogP contribution in [0, 0.1) is 0 Å². The van der Waals surface area contributed by atoms with Crippen LogP contribution in [0.2, 0.25) is 0 Å². The highest BCUT2D eigenvalue weighted by molar-refractivity contribution is 6.08. The number of para-hydroxylation sites is 1. The van der Waals surface area contributed by atoms with E-state index in [4.69, 9.17) is 0 Å².